The van der Waals surface area contributed by atoms with Gasteiger partial charge in [-0.2, -0.15) is 0 Å². The summed E-state index contributed by atoms with van der Waals surface area (Å²) in [6.07, 6.45) is 0. The predicted octanol–water partition coefficient (Wildman–Crippen LogP) is -0.534. The van der Waals surface area contributed by atoms with E-state index in [0.717, 1.165) is 0 Å². The zero-order valence-corrected chi connectivity index (χ0v) is 3.60. The number of nitrogens with two attached hydrogens (primary N) is 1. The lowest BCUT2D eigenvalue weighted by Gasteiger charge is -1.84. The summed E-state index contributed by atoms with van der Waals surface area (Å²) in [4.78, 5) is 13.8. The van der Waals surface area contributed by atoms with Gasteiger partial charge in [-0.05, 0) is 6.92 Å². The number of hydrogen-bond acceptors (Lipinski definition) is 3. The minimum absolute atomic E-state index is 0.0139. The number of Topliss-reactive ketones (excluding diaryl/α,β-unsaturated/α-hetero) is 1. The summed E-state index contributed by atoms with van der Waals surface area (Å²) >= 11 is 0. The van der Waals surface area contributed by atoms with E-state index >= 15 is 0 Å². The van der Waals surface area contributed by atoms with Crippen molar-refractivity contribution in [3.8, 4) is 0 Å². The lowest BCUT2D eigenvalue weighted by molar-refractivity contribution is -0.121. The summed E-state index contributed by atoms with van der Waals surface area (Å²) in [5.41, 5.74) is 0. The molecule has 36 valence electrons. The van der Waals surface area contributed by atoms with Crippen LogP contribution in [0, 0.1) is 0 Å². The van der Waals surface area contributed by atoms with Gasteiger partial charge < -0.3 is 0 Å². The minimum atomic E-state index is -0.0579. The highest BCUT2D eigenvalue weighted by molar-refractivity contribution is 5.76. The van der Waals surface area contributed by atoms with Gasteiger partial charge in [0.1, 0.15) is 6.61 Å². The lowest BCUT2D eigenvalue weighted by Crippen LogP contribution is -2.07. The average molecular weight is 89.1 g/mol. The van der Waals surface area contributed by atoms with Crippen molar-refractivity contribution in [2.24, 2.45) is 5.90 Å². The number of carbonyl (C=O) groups excluding carboxylic acids is 1. The number of rotatable bonds is 2. The molecule has 0 saturated heterocycles. The molecule has 0 aliphatic carbocycles. The first-order valence-electron chi connectivity index (χ1n) is 1.58. The third-order valence-electron chi connectivity index (χ3n) is 0.287. The van der Waals surface area contributed by atoms with E-state index in [0.29, 0.717) is 0 Å². The van der Waals surface area contributed by atoms with Crippen molar-refractivity contribution in [1.29, 1.82) is 0 Å². The van der Waals surface area contributed by atoms with Crippen molar-refractivity contribution in [3.05, 3.63) is 0 Å². The van der Waals surface area contributed by atoms with Crippen LogP contribution in [0.4, 0.5) is 0 Å². The smallest absolute Gasteiger partial charge is 0.157 e. The highest BCUT2D eigenvalue weighted by Gasteiger charge is 1.84. The van der Waals surface area contributed by atoms with Crippen LogP contribution in [-0.2, 0) is 9.63 Å². The van der Waals surface area contributed by atoms with Crippen molar-refractivity contribution < 1.29 is 9.63 Å². The van der Waals surface area contributed by atoms with Crippen LogP contribution >= 0.6 is 0 Å². The van der Waals surface area contributed by atoms with Gasteiger partial charge in [-0.25, -0.2) is 5.90 Å². The van der Waals surface area contributed by atoms with Crippen LogP contribution in [0.2, 0.25) is 0 Å². The van der Waals surface area contributed by atoms with E-state index in [9.17, 15) is 4.79 Å². The Kier molecular flexibility index (Phi) is 2.62. The van der Waals surface area contributed by atoms with E-state index in [4.69, 9.17) is 0 Å². The molecule has 6 heavy (non-hydrogen) atoms. The summed E-state index contributed by atoms with van der Waals surface area (Å²) in [5.74, 6) is 4.45. The van der Waals surface area contributed by atoms with E-state index < -0.39 is 0 Å². The maximum Gasteiger partial charge on any atom is 0.157 e. The van der Waals surface area contributed by atoms with Gasteiger partial charge in [0.25, 0.3) is 0 Å². The first kappa shape index (κ1) is 5.59. The van der Waals surface area contributed by atoms with Gasteiger partial charge in [0.15, 0.2) is 5.78 Å². The zero-order valence-electron chi connectivity index (χ0n) is 3.60. The second-order valence-electron chi connectivity index (χ2n) is 1.01. The molecular formula is C3H7NO2. The van der Waals surface area contributed by atoms with Crippen molar-refractivity contribution >= 4 is 5.78 Å². The molecule has 0 fully saturated rings. The van der Waals surface area contributed by atoms with Gasteiger partial charge in [0, 0.05) is 0 Å². The molecule has 0 heterocycles. The molecule has 0 spiro atoms. The maximum absolute atomic E-state index is 9.84. The van der Waals surface area contributed by atoms with E-state index in [2.05, 4.69) is 10.7 Å². The van der Waals surface area contributed by atoms with E-state index in [1.807, 2.05) is 0 Å². The predicted molar refractivity (Wildman–Crippen MR) is 20.8 cm³/mol. The van der Waals surface area contributed by atoms with Crippen LogP contribution in [0.15, 0.2) is 0 Å². The van der Waals surface area contributed by atoms with Crippen molar-refractivity contribution in [2.75, 3.05) is 6.61 Å². The van der Waals surface area contributed by atoms with Crippen LogP contribution in [0.3, 0.4) is 0 Å². The molecule has 0 rings (SSSR count). The molecule has 0 aliphatic rings. The molecule has 0 aromatic rings. The third kappa shape index (κ3) is 3.59. The van der Waals surface area contributed by atoms with Crippen molar-refractivity contribution in [3.63, 3.8) is 0 Å². The van der Waals surface area contributed by atoms with Gasteiger partial charge in [-0.1, -0.05) is 0 Å². The molecule has 0 saturated carbocycles. The quantitative estimate of drug-likeness (QED) is 0.462. The monoisotopic (exact) mass is 89.0 g/mol. The first-order chi connectivity index (χ1) is 2.77. The van der Waals surface area contributed by atoms with Crippen LogP contribution in [0.25, 0.3) is 0 Å². The second-order valence-corrected chi connectivity index (χ2v) is 1.01. The Morgan fingerprint density at radius 3 is 2.50 bits per heavy atom. The maximum atomic E-state index is 9.84. The fourth-order valence-electron chi connectivity index (χ4n) is 0.117. The van der Waals surface area contributed by atoms with Gasteiger partial charge in [-0.3, -0.25) is 9.63 Å². The second kappa shape index (κ2) is 2.81. The Bertz CT molecular complexity index is 52.8. The fraction of sp³-hybridized carbons (Fsp3) is 0.667. The molecule has 0 atom stereocenters. The summed E-state index contributed by atoms with van der Waals surface area (Å²) in [6, 6.07) is 0. The first-order valence-corrected chi connectivity index (χ1v) is 1.58. The van der Waals surface area contributed by atoms with Crippen molar-refractivity contribution in [1.82, 2.24) is 0 Å². The van der Waals surface area contributed by atoms with E-state index in [1.165, 1.54) is 6.92 Å². The molecule has 2 N–H and O–H groups in total. The average Bonchev–Trinajstić information content (AvgIpc) is 1.35. The number of hydrogen-bond donors (Lipinski definition) is 1. The van der Waals surface area contributed by atoms with Gasteiger partial charge in [-0.15, -0.1) is 0 Å². The molecular weight excluding hydrogens is 82.0 g/mol. The molecule has 3 nitrogen and oxygen atoms in total. The lowest BCUT2D eigenvalue weighted by atomic mass is 10.5. The number of ketones is 1. The number of carbonyl (C=O) groups is 1. The van der Waals surface area contributed by atoms with E-state index in [1.54, 1.807) is 0 Å². The topological polar surface area (TPSA) is 52.3 Å². The SMILES string of the molecule is CC(=O)CON. The Balaban J connectivity index is 2.83. The molecule has 0 bridgehead atoms. The summed E-state index contributed by atoms with van der Waals surface area (Å²) in [5, 5.41) is 0. The Hall–Kier alpha value is -0.410. The molecule has 3 heteroatoms. The van der Waals surface area contributed by atoms with Gasteiger partial charge >= 0.3 is 0 Å². The molecule has 0 aromatic carbocycles. The van der Waals surface area contributed by atoms with Crippen LogP contribution in [0.1, 0.15) is 6.92 Å². The third-order valence-corrected chi connectivity index (χ3v) is 0.287. The van der Waals surface area contributed by atoms with Crippen LogP contribution in [-0.4, -0.2) is 12.4 Å². The Morgan fingerprint density at radius 1 is 2.00 bits per heavy atom. The molecule has 0 amide bonds. The molecule has 0 unspecified atom stereocenters. The summed E-state index contributed by atoms with van der Waals surface area (Å²) < 4.78 is 0. The van der Waals surface area contributed by atoms with Gasteiger partial charge in [0.05, 0.1) is 0 Å². The Morgan fingerprint density at radius 2 is 2.50 bits per heavy atom. The van der Waals surface area contributed by atoms with Gasteiger partial charge in [0.2, 0.25) is 0 Å². The minimum Gasteiger partial charge on any atom is -0.297 e. The molecule has 0 aromatic heterocycles. The highest BCUT2D eigenvalue weighted by Crippen LogP contribution is 1.62. The summed E-state index contributed by atoms with van der Waals surface area (Å²) in [7, 11) is 0. The standard InChI is InChI=1S/C3H7NO2/c1-3(5)2-6-4/h2,4H2,1H3. The normalized spacial score (nSPS) is 8.33. The molecule has 0 aliphatic heterocycles. The Labute approximate surface area is 36.0 Å². The highest BCUT2D eigenvalue weighted by atomic mass is 16.6. The van der Waals surface area contributed by atoms with E-state index in [-0.39, 0.29) is 12.4 Å². The van der Waals surface area contributed by atoms with Crippen LogP contribution < -0.4 is 5.90 Å². The van der Waals surface area contributed by atoms with Crippen molar-refractivity contribution in [2.45, 2.75) is 6.92 Å². The largest absolute Gasteiger partial charge is 0.297 e. The molecule has 0 radical (unpaired) electrons. The summed E-state index contributed by atoms with van der Waals surface area (Å²) in [6.45, 7) is 1.42. The zero-order chi connectivity index (χ0) is 4.99. The van der Waals surface area contributed by atoms with Crippen LogP contribution in [0.5, 0.6) is 0 Å². The fourth-order valence-corrected chi connectivity index (χ4v) is 0.117.